The maximum atomic E-state index is 12.2. The first-order valence-electron chi connectivity index (χ1n) is 7.20. The SMILES string of the molecule is O=C(O)C1CCN(C(=O)CCc2c[nH]c3ccccc23)C1. The second-order valence-electron chi connectivity index (χ2n) is 5.52. The predicted octanol–water partition coefficient (Wildman–Crippen LogP) is 2.03. The van der Waals surface area contributed by atoms with Crippen LogP contribution in [0.15, 0.2) is 30.5 Å². The topological polar surface area (TPSA) is 73.4 Å². The lowest BCUT2D eigenvalue weighted by Gasteiger charge is -2.15. The van der Waals surface area contributed by atoms with Crippen molar-refractivity contribution in [3.8, 4) is 0 Å². The van der Waals surface area contributed by atoms with E-state index in [1.54, 1.807) is 4.90 Å². The molecule has 5 nitrogen and oxygen atoms in total. The summed E-state index contributed by atoms with van der Waals surface area (Å²) in [6, 6.07) is 8.02. The van der Waals surface area contributed by atoms with E-state index < -0.39 is 11.9 Å². The third kappa shape index (κ3) is 2.77. The Hall–Kier alpha value is -2.30. The molecule has 1 atom stereocenters. The van der Waals surface area contributed by atoms with Crippen LogP contribution in [0.5, 0.6) is 0 Å². The van der Waals surface area contributed by atoms with E-state index in [1.165, 1.54) is 0 Å². The zero-order chi connectivity index (χ0) is 14.8. The number of aromatic nitrogens is 1. The van der Waals surface area contributed by atoms with Crippen molar-refractivity contribution in [3.05, 3.63) is 36.0 Å². The molecule has 1 fully saturated rings. The molecule has 0 aliphatic carbocycles. The normalized spacial score (nSPS) is 18.3. The van der Waals surface area contributed by atoms with Gasteiger partial charge in [0.05, 0.1) is 5.92 Å². The quantitative estimate of drug-likeness (QED) is 0.903. The van der Waals surface area contributed by atoms with E-state index in [4.69, 9.17) is 5.11 Å². The largest absolute Gasteiger partial charge is 0.481 e. The van der Waals surface area contributed by atoms with Crippen molar-refractivity contribution < 1.29 is 14.7 Å². The van der Waals surface area contributed by atoms with E-state index >= 15 is 0 Å². The summed E-state index contributed by atoms with van der Waals surface area (Å²) in [5, 5.41) is 10.1. The molecule has 2 heterocycles. The summed E-state index contributed by atoms with van der Waals surface area (Å²) in [4.78, 5) is 28.0. The van der Waals surface area contributed by atoms with Gasteiger partial charge in [0.1, 0.15) is 0 Å². The number of nitrogens with zero attached hydrogens (tertiary/aromatic N) is 1. The van der Waals surface area contributed by atoms with Crippen LogP contribution in [0.3, 0.4) is 0 Å². The number of aryl methyl sites for hydroxylation is 1. The highest BCUT2D eigenvalue weighted by molar-refractivity contribution is 5.84. The van der Waals surface area contributed by atoms with Crippen LogP contribution < -0.4 is 0 Å². The lowest BCUT2D eigenvalue weighted by Crippen LogP contribution is -2.30. The molecule has 0 bridgehead atoms. The summed E-state index contributed by atoms with van der Waals surface area (Å²) in [6.07, 6.45) is 3.61. The van der Waals surface area contributed by atoms with Crippen LogP contribution in [0, 0.1) is 5.92 Å². The molecule has 2 aromatic rings. The molecule has 0 saturated carbocycles. The first-order chi connectivity index (χ1) is 10.1. The maximum absolute atomic E-state index is 12.2. The van der Waals surface area contributed by atoms with E-state index in [0.29, 0.717) is 32.4 Å². The molecule has 1 amide bonds. The van der Waals surface area contributed by atoms with E-state index in [9.17, 15) is 9.59 Å². The number of carbonyl (C=O) groups excluding carboxylic acids is 1. The number of hydrogen-bond donors (Lipinski definition) is 2. The van der Waals surface area contributed by atoms with Gasteiger partial charge in [-0.3, -0.25) is 9.59 Å². The second-order valence-corrected chi connectivity index (χ2v) is 5.52. The third-order valence-corrected chi connectivity index (χ3v) is 4.17. The summed E-state index contributed by atoms with van der Waals surface area (Å²) in [7, 11) is 0. The molecule has 1 aliphatic heterocycles. The average molecular weight is 286 g/mol. The molecule has 1 aliphatic rings. The molecular formula is C16H18N2O3. The molecule has 3 rings (SSSR count). The maximum Gasteiger partial charge on any atom is 0.308 e. The van der Waals surface area contributed by atoms with Gasteiger partial charge in [-0.2, -0.15) is 0 Å². The van der Waals surface area contributed by atoms with Crippen molar-refractivity contribution >= 4 is 22.8 Å². The number of carboxylic acid groups (broad SMARTS) is 1. The van der Waals surface area contributed by atoms with Gasteiger partial charge in [0.25, 0.3) is 0 Å². The van der Waals surface area contributed by atoms with E-state index in [-0.39, 0.29) is 5.91 Å². The van der Waals surface area contributed by atoms with Crippen molar-refractivity contribution in [2.75, 3.05) is 13.1 Å². The number of fused-ring (bicyclic) bond motifs is 1. The van der Waals surface area contributed by atoms with Gasteiger partial charge < -0.3 is 15.0 Å². The Morgan fingerprint density at radius 1 is 1.33 bits per heavy atom. The fraction of sp³-hybridized carbons (Fsp3) is 0.375. The summed E-state index contributed by atoms with van der Waals surface area (Å²) in [5.41, 5.74) is 2.21. The van der Waals surface area contributed by atoms with Gasteiger partial charge >= 0.3 is 5.97 Å². The average Bonchev–Trinajstić information content (AvgIpc) is 3.12. The number of H-pyrrole nitrogens is 1. The molecule has 2 N–H and O–H groups in total. The Balaban J connectivity index is 1.60. The smallest absolute Gasteiger partial charge is 0.308 e. The minimum absolute atomic E-state index is 0.0454. The standard InChI is InChI=1S/C16H18N2O3/c19-15(18-8-7-12(10-18)16(20)21)6-5-11-9-17-14-4-2-1-3-13(11)14/h1-4,9,12,17H,5-8,10H2,(H,20,21). The first kappa shape index (κ1) is 13.7. The number of carboxylic acids is 1. The summed E-state index contributed by atoms with van der Waals surface area (Å²) < 4.78 is 0. The molecule has 5 heteroatoms. The van der Waals surface area contributed by atoms with Crippen LogP contribution >= 0.6 is 0 Å². The van der Waals surface area contributed by atoms with Crippen LogP contribution in [0.2, 0.25) is 0 Å². The lowest BCUT2D eigenvalue weighted by molar-refractivity contribution is -0.141. The minimum atomic E-state index is -0.804. The van der Waals surface area contributed by atoms with E-state index in [2.05, 4.69) is 4.98 Å². The number of hydrogen-bond acceptors (Lipinski definition) is 2. The second kappa shape index (κ2) is 5.60. The number of amides is 1. The van der Waals surface area contributed by atoms with Gasteiger partial charge in [-0.1, -0.05) is 18.2 Å². The molecule has 0 spiro atoms. The van der Waals surface area contributed by atoms with Gasteiger partial charge in [0, 0.05) is 36.6 Å². The highest BCUT2D eigenvalue weighted by Gasteiger charge is 2.30. The Kier molecular flexibility index (Phi) is 3.64. The highest BCUT2D eigenvalue weighted by Crippen LogP contribution is 2.21. The number of aromatic amines is 1. The Morgan fingerprint density at radius 2 is 2.14 bits per heavy atom. The number of likely N-dealkylation sites (tertiary alicyclic amines) is 1. The van der Waals surface area contributed by atoms with Crippen LogP contribution in [0.25, 0.3) is 10.9 Å². The predicted molar refractivity (Wildman–Crippen MR) is 78.9 cm³/mol. The van der Waals surface area contributed by atoms with Gasteiger partial charge in [0.2, 0.25) is 5.91 Å². The summed E-state index contributed by atoms with van der Waals surface area (Å²) in [6.45, 7) is 0.908. The lowest BCUT2D eigenvalue weighted by atomic mass is 10.1. The van der Waals surface area contributed by atoms with Crippen molar-refractivity contribution in [2.45, 2.75) is 19.3 Å². The van der Waals surface area contributed by atoms with Gasteiger partial charge in [-0.05, 0) is 24.5 Å². The van der Waals surface area contributed by atoms with Crippen molar-refractivity contribution in [1.82, 2.24) is 9.88 Å². The minimum Gasteiger partial charge on any atom is -0.481 e. The Bertz CT molecular complexity index is 677. The van der Waals surface area contributed by atoms with Gasteiger partial charge in [-0.25, -0.2) is 0 Å². The summed E-state index contributed by atoms with van der Waals surface area (Å²) in [5.74, 6) is -1.16. The number of carbonyl (C=O) groups is 2. The molecule has 1 aromatic carbocycles. The fourth-order valence-corrected chi connectivity index (χ4v) is 2.93. The van der Waals surface area contributed by atoms with Crippen molar-refractivity contribution in [2.24, 2.45) is 5.92 Å². The molecular weight excluding hydrogens is 268 g/mol. The first-order valence-corrected chi connectivity index (χ1v) is 7.20. The van der Waals surface area contributed by atoms with E-state index in [0.717, 1.165) is 16.5 Å². The van der Waals surface area contributed by atoms with Gasteiger partial charge in [0.15, 0.2) is 0 Å². The molecule has 21 heavy (non-hydrogen) atoms. The number of para-hydroxylation sites is 1. The summed E-state index contributed by atoms with van der Waals surface area (Å²) >= 11 is 0. The number of benzene rings is 1. The molecule has 1 unspecified atom stereocenters. The van der Waals surface area contributed by atoms with Crippen LogP contribution in [0.1, 0.15) is 18.4 Å². The molecule has 1 saturated heterocycles. The van der Waals surface area contributed by atoms with Crippen molar-refractivity contribution in [1.29, 1.82) is 0 Å². The van der Waals surface area contributed by atoms with Crippen LogP contribution in [0.4, 0.5) is 0 Å². The molecule has 1 aromatic heterocycles. The zero-order valence-corrected chi connectivity index (χ0v) is 11.7. The van der Waals surface area contributed by atoms with Gasteiger partial charge in [-0.15, -0.1) is 0 Å². The fourth-order valence-electron chi connectivity index (χ4n) is 2.93. The number of aliphatic carboxylic acids is 1. The van der Waals surface area contributed by atoms with Crippen LogP contribution in [-0.2, 0) is 16.0 Å². The number of rotatable bonds is 4. The van der Waals surface area contributed by atoms with Crippen molar-refractivity contribution in [3.63, 3.8) is 0 Å². The Labute approximate surface area is 122 Å². The molecule has 110 valence electrons. The highest BCUT2D eigenvalue weighted by atomic mass is 16.4. The van der Waals surface area contributed by atoms with Crippen LogP contribution in [-0.4, -0.2) is 40.0 Å². The van der Waals surface area contributed by atoms with E-state index in [1.807, 2.05) is 30.5 Å². The molecule has 0 radical (unpaired) electrons. The monoisotopic (exact) mass is 286 g/mol. The Morgan fingerprint density at radius 3 is 2.90 bits per heavy atom. The third-order valence-electron chi connectivity index (χ3n) is 4.17. The zero-order valence-electron chi connectivity index (χ0n) is 11.7. The number of nitrogens with one attached hydrogen (secondary N) is 1.